The van der Waals surface area contributed by atoms with E-state index in [1.807, 2.05) is 0 Å². The Bertz CT molecular complexity index is 762. The van der Waals surface area contributed by atoms with Crippen molar-refractivity contribution in [3.05, 3.63) is 70.8 Å². The molecule has 1 fully saturated rings. The van der Waals surface area contributed by atoms with Crippen molar-refractivity contribution >= 4 is 0 Å². The summed E-state index contributed by atoms with van der Waals surface area (Å²) >= 11 is 0. The van der Waals surface area contributed by atoms with Gasteiger partial charge >= 0.3 is 0 Å². The molecule has 0 aliphatic heterocycles. The van der Waals surface area contributed by atoms with Crippen molar-refractivity contribution in [2.75, 3.05) is 0 Å². The molecule has 0 radical (unpaired) electrons. The van der Waals surface area contributed by atoms with Gasteiger partial charge in [0.2, 0.25) is 0 Å². The third-order valence-corrected chi connectivity index (χ3v) is 8.80. The fraction of sp³-hybridized carbons (Fsp3) is 0.647. The molecule has 0 saturated heterocycles. The molecule has 2 unspecified atom stereocenters. The summed E-state index contributed by atoms with van der Waals surface area (Å²) < 4.78 is 0. The van der Waals surface area contributed by atoms with Crippen LogP contribution < -0.4 is 0 Å². The molecule has 188 valence electrons. The minimum absolute atomic E-state index is 0.209. The van der Waals surface area contributed by atoms with E-state index in [1.54, 1.807) is 22.3 Å². The van der Waals surface area contributed by atoms with E-state index in [-0.39, 0.29) is 5.41 Å². The number of rotatable bonds is 14. The van der Waals surface area contributed by atoms with Gasteiger partial charge in [0.15, 0.2) is 0 Å². The van der Waals surface area contributed by atoms with Gasteiger partial charge in [0.05, 0.1) is 0 Å². The Kier molecular flexibility index (Phi) is 11.2. The second-order valence-corrected chi connectivity index (χ2v) is 11.3. The van der Waals surface area contributed by atoms with Crippen molar-refractivity contribution < 1.29 is 0 Å². The van der Waals surface area contributed by atoms with E-state index in [1.165, 1.54) is 96.3 Å². The van der Waals surface area contributed by atoms with E-state index in [2.05, 4.69) is 76.2 Å². The van der Waals surface area contributed by atoms with Crippen LogP contribution in [0.2, 0.25) is 0 Å². The van der Waals surface area contributed by atoms with E-state index < -0.39 is 0 Å². The summed E-state index contributed by atoms with van der Waals surface area (Å²) in [5, 5.41) is 0. The standard InChI is InChI=1S/C34H52/c1-5-9-16-28(7-3)24-30-18-14-20-32(26-30)34(22-12-11-13-23-34)33-21-15-19-31(27-33)25-29(8-4)17-10-6-2/h14-15,18-21,26-29H,5-13,16-17,22-25H2,1-4H3. The van der Waals surface area contributed by atoms with Gasteiger partial charge in [-0.25, -0.2) is 0 Å². The predicted octanol–water partition coefficient (Wildman–Crippen LogP) is 10.5. The monoisotopic (exact) mass is 460 g/mol. The average molecular weight is 461 g/mol. The van der Waals surface area contributed by atoms with Gasteiger partial charge in [-0.15, -0.1) is 0 Å². The van der Waals surface area contributed by atoms with E-state index >= 15 is 0 Å². The summed E-state index contributed by atoms with van der Waals surface area (Å²) in [6.07, 6.45) is 19.9. The Labute approximate surface area is 212 Å². The molecule has 0 heteroatoms. The summed E-state index contributed by atoms with van der Waals surface area (Å²) in [5.41, 5.74) is 6.51. The van der Waals surface area contributed by atoms with Gasteiger partial charge in [-0.3, -0.25) is 0 Å². The molecule has 1 saturated carbocycles. The average Bonchev–Trinajstić information content (AvgIpc) is 2.89. The Morgan fingerprint density at radius 3 is 1.53 bits per heavy atom. The largest absolute Gasteiger partial charge is 0.0654 e. The lowest BCUT2D eigenvalue weighted by atomic mass is 9.64. The molecule has 1 aliphatic rings. The van der Waals surface area contributed by atoms with Crippen LogP contribution in [0.15, 0.2) is 48.5 Å². The van der Waals surface area contributed by atoms with Gasteiger partial charge < -0.3 is 0 Å². The first-order valence-electron chi connectivity index (χ1n) is 14.8. The number of unbranched alkanes of at least 4 members (excludes halogenated alkanes) is 2. The zero-order valence-corrected chi connectivity index (χ0v) is 22.9. The predicted molar refractivity (Wildman–Crippen MR) is 151 cm³/mol. The van der Waals surface area contributed by atoms with Crippen molar-refractivity contribution in [3.8, 4) is 0 Å². The van der Waals surface area contributed by atoms with Gasteiger partial charge in [-0.1, -0.05) is 147 Å². The summed E-state index contributed by atoms with van der Waals surface area (Å²) in [5.74, 6) is 1.66. The maximum Gasteiger partial charge on any atom is 0.0203 e. The van der Waals surface area contributed by atoms with Crippen LogP contribution in [0.25, 0.3) is 0 Å². The minimum atomic E-state index is 0.209. The van der Waals surface area contributed by atoms with Crippen LogP contribution in [0.5, 0.6) is 0 Å². The Balaban J connectivity index is 1.88. The van der Waals surface area contributed by atoms with Gasteiger partial charge in [0.1, 0.15) is 0 Å². The summed E-state index contributed by atoms with van der Waals surface area (Å²) in [6.45, 7) is 9.40. The van der Waals surface area contributed by atoms with Gasteiger partial charge in [-0.2, -0.15) is 0 Å². The van der Waals surface area contributed by atoms with Crippen LogP contribution in [-0.2, 0) is 18.3 Å². The Hall–Kier alpha value is -1.56. The molecule has 2 atom stereocenters. The third kappa shape index (κ3) is 7.22. The lowest BCUT2D eigenvalue weighted by Gasteiger charge is -2.39. The van der Waals surface area contributed by atoms with Gasteiger partial charge in [0.25, 0.3) is 0 Å². The van der Waals surface area contributed by atoms with Crippen molar-refractivity contribution in [3.63, 3.8) is 0 Å². The Morgan fingerprint density at radius 1 is 0.647 bits per heavy atom. The maximum atomic E-state index is 2.60. The third-order valence-electron chi connectivity index (χ3n) is 8.80. The number of hydrogen-bond acceptors (Lipinski definition) is 0. The normalized spacial score (nSPS) is 17.4. The molecule has 2 aromatic rings. The molecule has 3 rings (SSSR count). The zero-order valence-electron chi connectivity index (χ0n) is 22.9. The first-order chi connectivity index (χ1) is 16.6. The highest BCUT2D eigenvalue weighted by atomic mass is 14.4. The second kappa shape index (κ2) is 14.1. The molecule has 0 spiro atoms. The number of benzene rings is 2. The topological polar surface area (TPSA) is 0 Å². The van der Waals surface area contributed by atoms with Crippen LogP contribution in [0, 0.1) is 11.8 Å². The summed E-state index contributed by atoms with van der Waals surface area (Å²) in [7, 11) is 0. The lowest BCUT2D eigenvalue weighted by Crippen LogP contribution is -2.30. The highest BCUT2D eigenvalue weighted by Crippen LogP contribution is 2.45. The zero-order chi connectivity index (χ0) is 24.2. The van der Waals surface area contributed by atoms with E-state index in [0.717, 1.165) is 11.8 Å². The van der Waals surface area contributed by atoms with Crippen molar-refractivity contribution in [1.29, 1.82) is 0 Å². The quantitative estimate of drug-likeness (QED) is 0.263. The first kappa shape index (κ1) is 27.0. The molecule has 2 aromatic carbocycles. The van der Waals surface area contributed by atoms with Crippen LogP contribution in [0.1, 0.15) is 133 Å². The van der Waals surface area contributed by atoms with E-state index in [4.69, 9.17) is 0 Å². The second-order valence-electron chi connectivity index (χ2n) is 11.3. The SMILES string of the molecule is CCCCC(CC)Cc1cccc(C2(c3cccc(CC(CC)CCCC)c3)CCCCC2)c1. The van der Waals surface area contributed by atoms with Crippen LogP contribution >= 0.6 is 0 Å². The highest BCUT2D eigenvalue weighted by Gasteiger charge is 2.36. The minimum Gasteiger partial charge on any atom is -0.0654 e. The van der Waals surface area contributed by atoms with Gasteiger partial charge in [-0.05, 0) is 59.8 Å². The first-order valence-corrected chi connectivity index (χ1v) is 14.8. The molecular formula is C34H52. The molecule has 0 bridgehead atoms. The molecule has 0 heterocycles. The van der Waals surface area contributed by atoms with Gasteiger partial charge in [0, 0.05) is 5.41 Å². The Morgan fingerprint density at radius 2 is 1.12 bits per heavy atom. The molecule has 1 aliphatic carbocycles. The van der Waals surface area contributed by atoms with E-state index in [0.29, 0.717) is 0 Å². The summed E-state index contributed by atoms with van der Waals surface area (Å²) in [6, 6.07) is 19.6. The fourth-order valence-corrected chi connectivity index (χ4v) is 6.44. The van der Waals surface area contributed by atoms with Crippen LogP contribution in [0.4, 0.5) is 0 Å². The maximum absolute atomic E-state index is 2.60. The van der Waals surface area contributed by atoms with Crippen molar-refractivity contribution in [2.24, 2.45) is 11.8 Å². The molecular weight excluding hydrogens is 408 g/mol. The van der Waals surface area contributed by atoms with Crippen LogP contribution in [-0.4, -0.2) is 0 Å². The lowest BCUT2D eigenvalue weighted by molar-refractivity contribution is 0.345. The molecule has 0 N–H and O–H groups in total. The molecule has 0 aromatic heterocycles. The van der Waals surface area contributed by atoms with Crippen molar-refractivity contribution in [1.82, 2.24) is 0 Å². The van der Waals surface area contributed by atoms with Crippen molar-refractivity contribution in [2.45, 2.75) is 129 Å². The van der Waals surface area contributed by atoms with E-state index in [9.17, 15) is 0 Å². The molecule has 34 heavy (non-hydrogen) atoms. The molecule has 0 amide bonds. The van der Waals surface area contributed by atoms with Crippen LogP contribution in [0.3, 0.4) is 0 Å². The number of hydrogen-bond donors (Lipinski definition) is 0. The molecule has 0 nitrogen and oxygen atoms in total. The smallest absolute Gasteiger partial charge is 0.0203 e. The summed E-state index contributed by atoms with van der Waals surface area (Å²) in [4.78, 5) is 0. The fourth-order valence-electron chi connectivity index (χ4n) is 6.44. The highest BCUT2D eigenvalue weighted by molar-refractivity contribution is 5.43.